The molecule has 27 heavy (non-hydrogen) atoms. The van der Waals surface area contributed by atoms with E-state index < -0.39 is 0 Å². The van der Waals surface area contributed by atoms with E-state index in [1.54, 1.807) is 34.4 Å². The molecule has 0 radical (unpaired) electrons. The maximum Gasteiger partial charge on any atom is 0.233 e. The van der Waals surface area contributed by atoms with Gasteiger partial charge in [0, 0.05) is 21.2 Å². The van der Waals surface area contributed by atoms with Crippen LogP contribution in [0.25, 0.3) is 0 Å². The molecule has 2 aromatic heterocycles. The van der Waals surface area contributed by atoms with Gasteiger partial charge in [0.1, 0.15) is 5.75 Å². The second-order valence-electron chi connectivity index (χ2n) is 6.25. The van der Waals surface area contributed by atoms with Crippen molar-refractivity contribution in [3.8, 4) is 5.75 Å². The number of carbonyl (C=O) groups is 1. The topological polar surface area (TPSA) is 29.5 Å². The molecule has 1 aliphatic rings. The number of hydrogen-bond acceptors (Lipinski definition) is 5. The minimum absolute atomic E-state index is 0.0634. The summed E-state index contributed by atoms with van der Waals surface area (Å²) < 4.78 is 5.48. The highest BCUT2D eigenvalue weighted by molar-refractivity contribution is 8.00. The van der Waals surface area contributed by atoms with Crippen molar-refractivity contribution in [2.75, 3.05) is 18.9 Å². The largest absolute Gasteiger partial charge is 0.494 e. The van der Waals surface area contributed by atoms with Crippen molar-refractivity contribution in [2.24, 2.45) is 0 Å². The Morgan fingerprint density at radius 2 is 2.04 bits per heavy atom. The first kappa shape index (κ1) is 18.6. The van der Waals surface area contributed by atoms with Crippen molar-refractivity contribution in [3.63, 3.8) is 0 Å². The smallest absolute Gasteiger partial charge is 0.233 e. The quantitative estimate of drug-likeness (QED) is 0.500. The van der Waals surface area contributed by atoms with E-state index in [2.05, 4.69) is 33.9 Å². The highest BCUT2D eigenvalue weighted by Gasteiger charge is 2.33. The van der Waals surface area contributed by atoms with Gasteiger partial charge in [-0.3, -0.25) is 4.79 Å². The van der Waals surface area contributed by atoms with E-state index in [9.17, 15) is 4.79 Å². The summed E-state index contributed by atoms with van der Waals surface area (Å²) in [6.07, 6.45) is 0.953. The van der Waals surface area contributed by atoms with Gasteiger partial charge in [0.05, 0.1) is 18.4 Å². The Labute approximate surface area is 172 Å². The summed E-state index contributed by atoms with van der Waals surface area (Å²) in [5, 5.41) is 4.24. The van der Waals surface area contributed by atoms with E-state index in [0.717, 1.165) is 23.6 Å². The molecule has 3 nitrogen and oxygen atoms in total. The fourth-order valence-corrected chi connectivity index (χ4v) is 5.91. The zero-order valence-electron chi connectivity index (χ0n) is 15.1. The summed E-state index contributed by atoms with van der Waals surface area (Å²) in [5.41, 5.74) is 1.30. The lowest BCUT2D eigenvalue weighted by molar-refractivity contribution is -0.130. The Morgan fingerprint density at radius 1 is 1.19 bits per heavy atom. The molecule has 0 bridgehead atoms. The molecule has 1 aromatic carbocycles. The van der Waals surface area contributed by atoms with Crippen molar-refractivity contribution in [1.82, 2.24) is 4.90 Å². The van der Waals surface area contributed by atoms with E-state index in [1.165, 1.54) is 15.3 Å². The number of rotatable bonds is 6. The van der Waals surface area contributed by atoms with Crippen molar-refractivity contribution < 1.29 is 9.53 Å². The maximum atomic E-state index is 13.1. The Bertz CT molecular complexity index is 887. The molecule has 4 rings (SSSR count). The Morgan fingerprint density at radius 3 is 2.78 bits per heavy atom. The number of thioether (sulfide) groups is 1. The third-order valence-corrected chi connectivity index (χ3v) is 7.51. The molecular weight excluding hydrogens is 394 g/mol. The first-order chi connectivity index (χ1) is 13.3. The van der Waals surface area contributed by atoms with Crippen LogP contribution in [0.3, 0.4) is 0 Å². The molecule has 6 heteroatoms. The first-order valence-corrected chi connectivity index (χ1v) is 11.8. The molecule has 0 saturated heterocycles. The lowest BCUT2D eigenvalue weighted by Gasteiger charge is -2.35. The molecule has 0 spiro atoms. The van der Waals surface area contributed by atoms with Gasteiger partial charge < -0.3 is 9.64 Å². The number of nitrogens with zero attached hydrogens (tertiary/aromatic N) is 1. The van der Waals surface area contributed by atoms with Crippen LogP contribution in [-0.4, -0.2) is 29.7 Å². The van der Waals surface area contributed by atoms with Crippen LogP contribution in [0, 0.1) is 0 Å². The van der Waals surface area contributed by atoms with Crippen LogP contribution in [0.1, 0.15) is 28.3 Å². The van der Waals surface area contributed by atoms with E-state index in [-0.39, 0.29) is 11.9 Å². The fourth-order valence-electron chi connectivity index (χ4n) is 3.37. The van der Waals surface area contributed by atoms with Crippen LogP contribution in [0.4, 0.5) is 0 Å². The van der Waals surface area contributed by atoms with Crippen LogP contribution in [0.5, 0.6) is 5.75 Å². The minimum atomic E-state index is 0.0634. The number of benzene rings is 1. The van der Waals surface area contributed by atoms with Crippen LogP contribution in [-0.2, 0) is 11.2 Å². The van der Waals surface area contributed by atoms with E-state index >= 15 is 0 Å². The Kier molecular flexibility index (Phi) is 5.86. The summed E-state index contributed by atoms with van der Waals surface area (Å²) in [7, 11) is 0. The molecular formula is C21H21NO2S3. The SMILES string of the molecule is CCOc1ccc(SCC(=O)N2CCc3sccc3[C@@H]2c2cccs2)cc1. The number of carbonyl (C=O) groups excluding carboxylic acids is 1. The highest BCUT2D eigenvalue weighted by atomic mass is 32.2. The van der Waals surface area contributed by atoms with Gasteiger partial charge in [-0.1, -0.05) is 6.07 Å². The molecule has 1 atom stereocenters. The van der Waals surface area contributed by atoms with E-state index in [1.807, 2.05) is 31.2 Å². The molecule has 0 fully saturated rings. The molecule has 1 amide bonds. The van der Waals surface area contributed by atoms with Gasteiger partial charge in [0.2, 0.25) is 5.91 Å². The van der Waals surface area contributed by atoms with E-state index in [0.29, 0.717) is 12.4 Å². The van der Waals surface area contributed by atoms with Gasteiger partial charge in [-0.25, -0.2) is 0 Å². The second kappa shape index (κ2) is 8.50. The third-order valence-electron chi connectivity index (χ3n) is 4.60. The predicted octanol–water partition coefficient (Wildman–Crippen LogP) is 5.47. The highest BCUT2D eigenvalue weighted by Crippen LogP contribution is 2.39. The van der Waals surface area contributed by atoms with Gasteiger partial charge in [0.15, 0.2) is 0 Å². The number of hydrogen-bond donors (Lipinski definition) is 0. The summed E-state index contributed by atoms with van der Waals surface area (Å²) in [5.74, 6) is 1.52. The average Bonchev–Trinajstić information content (AvgIpc) is 3.38. The molecule has 0 aliphatic carbocycles. The second-order valence-corrected chi connectivity index (χ2v) is 9.28. The van der Waals surface area contributed by atoms with Crippen LogP contribution < -0.4 is 4.74 Å². The molecule has 1 aliphatic heterocycles. The molecule has 0 saturated carbocycles. The summed E-state index contributed by atoms with van der Waals surface area (Å²) in [4.78, 5) is 18.9. The molecule has 0 unspecified atom stereocenters. The Balaban J connectivity index is 1.47. The monoisotopic (exact) mass is 415 g/mol. The fraction of sp³-hybridized carbons (Fsp3) is 0.286. The van der Waals surface area contributed by atoms with Crippen molar-refractivity contribution in [2.45, 2.75) is 24.3 Å². The van der Waals surface area contributed by atoms with Crippen molar-refractivity contribution in [1.29, 1.82) is 0 Å². The standard InChI is InChI=1S/C21H21NO2S3/c1-2-24-15-5-7-16(8-6-15)27-14-20(23)22-11-9-18-17(10-13-26-18)21(22)19-4-3-12-25-19/h3-8,10,12-13,21H,2,9,11,14H2,1H3/t21-/m1/s1. The lowest BCUT2D eigenvalue weighted by atomic mass is 9.98. The van der Waals surface area contributed by atoms with Crippen molar-refractivity contribution in [3.05, 3.63) is 68.5 Å². The summed E-state index contributed by atoms with van der Waals surface area (Å²) in [6.45, 7) is 3.43. The minimum Gasteiger partial charge on any atom is -0.494 e. The zero-order valence-corrected chi connectivity index (χ0v) is 17.5. The van der Waals surface area contributed by atoms with Gasteiger partial charge in [0.25, 0.3) is 0 Å². The number of thiophene rings is 2. The van der Waals surface area contributed by atoms with Gasteiger partial charge in [-0.05, 0) is 66.1 Å². The van der Waals surface area contributed by atoms with Gasteiger partial charge in [-0.2, -0.15) is 0 Å². The molecule has 3 aromatic rings. The molecule has 140 valence electrons. The van der Waals surface area contributed by atoms with E-state index in [4.69, 9.17) is 4.74 Å². The van der Waals surface area contributed by atoms with Crippen LogP contribution in [0.15, 0.2) is 58.1 Å². The zero-order chi connectivity index (χ0) is 18.6. The van der Waals surface area contributed by atoms with Crippen molar-refractivity contribution >= 4 is 40.3 Å². The average molecular weight is 416 g/mol. The predicted molar refractivity (Wildman–Crippen MR) is 114 cm³/mol. The first-order valence-electron chi connectivity index (χ1n) is 9.01. The van der Waals surface area contributed by atoms with Crippen LogP contribution >= 0.6 is 34.4 Å². The summed E-state index contributed by atoms with van der Waals surface area (Å²) >= 11 is 5.12. The number of amides is 1. The molecule has 3 heterocycles. The molecule has 0 N–H and O–H groups in total. The number of fused-ring (bicyclic) bond motifs is 1. The summed E-state index contributed by atoms with van der Waals surface area (Å²) in [6, 6.07) is 14.4. The van der Waals surface area contributed by atoms with Crippen LogP contribution in [0.2, 0.25) is 0 Å². The lowest BCUT2D eigenvalue weighted by Crippen LogP contribution is -2.40. The van der Waals surface area contributed by atoms with Gasteiger partial charge in [-0.15, -0.1) is 34.4 Å². The third kappa shape index (κ3) is 4.08. The number of ether oxygens (including phenoxy) is 1. The normalized spacial score (nSPS) is 16.2. The Hall–Kier alpha value is -1.76. The van der Waals surface area contributed by atoms with Gasteiger partial charge >= 0.3 is 0 Å². The maximum absolute atomic E-state index is 13.1.